The number of para-hydroxylation sites is 1. The number of nitrogens with zero attached hydrogens (tertiary/aromatic N) is 2. The average molecular weight is 478 g/mol. The number of hydroxylamine groups is 1. The molecule has 0 aliphatic carbocycles. The summed E-state index contributed by atoms with van der Waals surface area (Å²) in [6, 6.07) is 17.2. The zero-order valence-electron chi connectivity index (χ0n) is 19.3. The molecule has 0 unspecified atom stereocenters. The first-order valence-corrected chi connectivity index (χ1v) is 10.9. The van der Waals surface area contributed by atoms with Gasteiger partial charge in [-0.1, -0.05) is 24.3 Å². The van der Waals surface area contributed by atoms with Crippen molar-refractivity contribution in [2.24, 2.45) is 5.92 Å². The summed E-state index contributed by atoms with van der Waals surface area (Å²) in [4.78, 5) is 34.2. The van der Waals surface area contributed by atoms with E-state index in [4.69, 9.17) is 19.0 Å². The van der Waals surface area contributed by atoms with E-state index in [9.17, 15) is 14.0 Å². The Kier molecular flexibility index (Phi) is 5.78. The fourth-order valence-electron chi connectivity index (χ4n) is 4.68. The smallest absolute Gasteiger partial charge is 0.266 e. The molecule has 5 rings (SSSR count). The monoisotopic (exact) mass is 478 g/mol. The van der Waals surface area contributed by atoms with Crippen molar-refractivity contribution in [3.8, 4) is 17.2 Å². The number of imide groups is 1. The fourth-order valence-corrected chi connectivity index (χ4v) is 4.68. The van der Waals surface area contributed by atoms with Crippen LogP contribution in [0.3, 0.4) is 0 Å². The predicted octanol–water partition coefficient (Wildman–Crippen LogP) is 3.90. The van der Waals surface area contributed by atoms with Crippen LogP contribution in [0.15, 0.2) is 66.7 Å². The van der Waals surface area contributed by atoms with Gasteiger partial charge in [0.15, 0.2) is 17.6 Å². The van der Waals surface area contributed by atoms with Gasteiger partial charge in [-0.3, -0.25) is 14.4 Å². The topological polar surface area (TPSA) is 77.5 Å². The van der Waals surface area contributed by atoms with Gasteiger partial charge in [-0.05, 0) is 36.4 Å². The van der Waals surface area contributed by atoms with E-state index in [0.29, 0.717) is 28.5 Å². The Balaban J connectivity index is 1.66. The highest BCUT2D eigenvalue weighted by molar-refractivity contribution is 6.24. The Bertz CT molecular complexity index is 1280. The maximum atomic E-state index is 13.9. The van der Waals surface area contributed by atoms with Crippen molar-refractivity contribution in [1.29, 1.82) is 0 Å². The maximum absolute atomic E-state index is 13.9. The van der Waals surface area contributed by atoms with E-state index >= 15 is 0 Å². The predicted molar refractivity (Wildman–Crippen MR) is 125 cm³/mol. The molecule has 2 saturated heterocycles. The summed E-state index contributed by atoms with van der Waals surface area (Å²) in [7, 11) is 4.52. The van der Waals surface area contributed by atoms with Crippen molar-refractivity contribution >= 4 is 23.2 Å². The van der Waals surface area contributed by atoms with E-state index in [1.54, 1.807) is 17.2 Å². The molecule has 0 spiro atoms. The number of benzene rings is 3. The normalized spacial score (nSPS) is 21.3. The number of carbonyl (C=O) groups excluding carboxylic acids is 2. The highest BCUT2D eigenvalue weighted by atomic mass is 19.1. The van der Waals surface area contributed by atoms with Crippen molar-refractivity contribution in [3.63, 3.8) is 0 Å². The fraction of sp³-hybridized carbons (Fsp3) is 0.231. The molecule has 2 aliphatic heterocycles. The van der Waals surface area contributed by atoms with Crippen LogP contribution in [0.2, 0.25) is 0 Å². The lowest BCUT2D eigenvalue weighted by molar-refractivity contribution is -0.126. The van der Waals surface area contributed by atoms with Crippen molar-refractivity contribution < 1.29 is 33.0 Å². The molecule has 2 amide bonds. The molecule has 9 heteroatoms. The lowest BCUT2D eigenvalue weighted by atomic mass is 9.89. The Labute approximate surface area is 201 Å². The molecule has 2 fully saturated rings. The molecule has 35 heavy (non-hydrogen) atoms. The quantitative estimate of drug-likeness (QED) is 0.498. The Morgan fingerprint density at radius 2 is 1.43 bits per heavy atom. The van der Waals surface area contributed by atoms with Crippen LogP contribution < -0.4 is 24.2 Å². The van der Waals surface area contributed by atoms with Crippen LogP contribution in [0, 0.1) is 11.7 Å². The Morgan fingerprint density at radius 1 is 0.771 bits per heavy atom. The summed E-state index contributed by atoms with van der Waals surface area (Å²) in [6.45, 7) is 0. The van der Waals surface area contributed by atoms with Crippen molar-refractivity contribution in [3.05, 3.63) is 78.1 Å². The number of ether oxygens (including phenoxy) is 3. The lowest BCUT2D eigenvalue weighted by Gasteiger charge is -2.30. The van der Waals surface area contributed by atoms with Gasteiger partial charge in [-0.25, -0.2) is 14.4 Å². The standard InChI is InChI=1S/C26H23FN2O6/c1-32-19-14-21(34-3)20(33-2)13-18(19)23-22-24(35-29(23)16-9-5-4-6-10-16)26(31)28(25(22)30)17-11-7-8-15(27)12-17/h4-14,22-24H,1-3H3/t22-,23+,24+/m1/s1. The number of amides is 2. The van der Waals surface area contributed by atoms with Gasteiger partial charge in [0, 0.05) is 11.6 Å². The maximum Gasteiger partial charge on any atom is 0.266 e. The van der Waals surface area contributed by atoms with Gasteiger partial charge in [-0.2, -0.15) is 0 Å². The molecule has 3 aromatic carbocycles. The number of carbonyl (C=O) groups is 2. The molecule has 0 bridgehead atoms. The number of rotatable bonds is 6. The van der Waals surface area contributed by atoms with Gasteiger partial charge in [0.05, 0.1) is 32.7 Å². The molecule has 2 aliphatic rings. The molecule has 3 atom stereocenters. The summed E-state index contributed by atoms with van der Waals surface area (Å²) in [6.07, 6.45) is -1.10. The van der Waals surface area contributed by atoms with Crippen LogP contribution in [0.4, 0.5) is 15.8 Å². The van der Waals surface area contributed by atoms with Crippen LogP contribution in [0.25, 0.3) is 0 Å². The molecule has 3 aromatic rings. The third-order valence-corrected chi connectivity index (χ3v) is 6.25. The zero-order chi connectivity index (χ0) is 24.7. The average Bonchev–Trinajstić information content (AvgIpc) is 3.39. The third kappa shape index (κ3) is 3.64. The van der Waals surface area contributed by atoms with Crippen molar-refractivity contribution in [2.75, 3.05) is 31.3 Å². The number of hydrogen-bond acceptors (Lipinski definition) is 7. The van der Waals surface area contributed by atoms with Crippen molar-refractivity contribution in [1.82, 2.24) is 0 Å². The minimum atomic E-state index is -1.10. The highest BCUT2D eigenvalue weighted by Crippen LogP contribution is 2.51. The minimum absolute atomic E-state index is 0.155. The molecule has 180 valence electrons. The second-order valence-corrected chi connectivity index (χ2v) is 8.10. The van der Waals surface area contributed by atoms with E-state index in [2.05, 4.69) is 0 Å². The first kappa shape index (κ1) is 22.7. The highest BCUT2D eigenvalue weighted by Gasteiger charge is 2.61. The van der Waals surface area contributed by atoms with E-state index < -0.39 is 35.7 Å². The van der Waals surface area contributed by atoms with Crippen LogP contribution in [0.1, 0.15) is 11.6 Å². The largest absolute Gasteiger partial charge is 0.496 e. The molecular formula is C26H23FN2O6. The van der Waals surface area contributed by atoms with Gasteiger partial charge >= 0.3 is 0 Å². The number of fused-ring (bicyclic) bond motifs is 1. The lowest BCUT2D eigenvalue weighted by Crippen LogP contribution is -2.37. The third-order valence-electron chi connectivity index (χ3n) is 6.25. The number of halogens is 1. The Morgan fingerprint density at radius 3 is 2.09 bits per heavy atom. The summed E-state index contributed by atoms with van der Waals surface area (Å²) in [5, 5.41) is 1.55. The minimum Gasteiger partial charge on any atom is -0.496 e. The van der Waals surface area contributed by atoms with E-state index in [1.165, 1.54) is 39.5 Å². The van der Waals surface area contributed by atoms with Gasteiger partial charge < -0.3 is 14.2 Å². The van der Waals surface area contributed by atoms with E-state index in [-0.39, 0.29) is 5.69 Å². The molecule has 0 radical (unpaired) electrons. The number of anilines is 2. The van der Waals surface area contributed by atoms with Gasteiger partial charge in [0.25, 0.3) is 5.91 Å². The van der Waals surface area contributed by atoms with Crippen LogP contribution >= 0.6 is 0 Å². The second kappa shape index (κ2) is 8.92. The molecule has 0 N–H and O–H groups in total. The summed E-state index contributed by atoms with van der Waals surface area (Å²) in [5.74, 6) is -1.21. The van der Waals surface area contributed by atoms with Gasteiger partial charge in [0.2, 0.25) is 5.91 Å². The Hall–Kier alpha value is -4.11. The summed E-state index contributed by atoms with van der Waals surface area (Å²) < 4.78 is 30.5. The van der Waals surface area contributed by atoms with E-state index in [1.807, 2.05) is 30.3 Å². The summed E-state index contributed by atoms with van der Waals surface area (Å²) >= 11 is 0. The number of hydrogen-bond donors (Lipinski definition) is 0. The first-order chi connectivity index (χ1) is 17.0. The van der Waals surface area contributed by atoms with Crippen molar-refractivity contribution in [2.45, 2.75) is 12.1 Å². The summed E-state index contributed by atoms with van der Waals surface area (Å²) in [5.41, 5.74) is 1.38. The van der Waals surface area contributed by atoms with Crippen LogP contribution in [0.5, 0.6) is 17.2 Å². The number of methoxy groups -OCH3 is 3. The zero-order valence-corrected chi connectivity index (χ0v) is 19.3. The molecule has 2 heterocycles. The second-order valence-electron chi connectivity index (χ2n) is 8.10. The molecule has 8 nitrogen and oxygen atoms in total. The SMILES string of the molecule is COc1cc(OC)c([C@H]2[C@H]3C(=O)N(c4cccc(F)c4)C(=O)[C@H]3ON2c2ccccc2)cc1OC. The van der Waals surface area contributed by atoms with Crippen LogP contribution in [-0.4, -0.2) is 39.2 Å². The van der Waals surface area contributed by atoms with Crippen LogP contribution in [-0.2, 0) is 14.4 Å². The first-order valence-electron chi connectivity index (χ1n) is 10.9. The molecule has 0 saturated carbocycles. The van der Waals surface area contributed by atoms with Gasteiger partial charge in [-0.15, -0.1) is 0 Å². The van der Waals surface area contributed by atoms with E-state index in [0.717, 1.165) is 11.0 Å². The molecular weight excluding hydrogens is 455 g/mol. The van der Waals surface area contributed by atoms with Gasteiger partial charge in [0.1, 0.15) is 23.5 Å². The molecule has 0 aromatic heterocycles.